The Morgan fingerprint density at radius 3 is 2.57 bits per heavy atom. The third kappa shape index (κ3) is 8.51. The minimum Gasteiger partial charge on any atom is -0.122 e. The molecule has 0 spiro atoms. The summed E-state index contributed by atoms with van der Waals surface area (Å²) in [6.45, 7) is 8.20. The van der Waals surface area contributed by atoms with Crippen molar-refractivity contribution in [3.63, 3.8) is 0 Å². The van der Waals surface area contributed by atoms with Crippen molar-refractivity contribution < 1.29 is 0 Å². The fourth-order valence-corrected chi connectivity index (χ4v) is 2.52. The summed E-state index contributed by atoms with van der Waals surface area (Å²) in [5.41, 5.74) is 0.969. The van der Waals surface area contributed by atoms with E-state index in [4.69, 9.17) is 0 Å². The van der Waals surface area contributed by atoms with E-state index in [1.807, 2.05) is 6.08 Å². The zero-order valence-electron chi connectivity index (χ0n) is 9.76. The molecule has 0 fully saturated rings. The maximum Gasteiger partial charge on any atom is -0.0236 e. The van der Waals surface area contributed by atoms with Gasteiger partial charge in [0.2, 0.25) is 0 Å². The molecule has 0 N–H and O–H groups in total. The summed E-state index contributed by atoms with van der Waals surface area (Å²) in [7, 11) is 1.11. The first-order valence-electron chi connectivity index (χ1n) is 5.74. The fourth-order valence-electron chi connectivity index (χ4n) is 1.58. The molecule has 0 aliphatic heterocycles. The average molecular weight is 212 g/mol. The van der Waals surface area contributed by atoms with Gasteiger partial charge in [-0.1, -0.05) is 24.6 Å². The molecule has 0 heterocycles. The van der Waals surface area contributed by atoms with Gasteiger partial charge in [-0.2, -0.15) is 0 Å². The highest BCUT2D eigenvalue weighted by Gasteiger charge is 2.03. The second-order valence-electron chi connectivity index (χ2n) is 3.71. The van der Waals surface area contributed by atoms with Gasteiger partial charge in [0, 0.05) is 0 Å². The van der Waals surface area contributed by atoms with E-state index in [9.17, 15) is 0 Å². The summed E-state index contributed by atoms with van der Waals surface area (Å²) in [4.78, 5) is 0. The van der Waals surface area contributed by atoms with E-state index in [2.05, 4.69) is 32.3 Å². The van der Waals surface area contributed by atoms with Crippen LogP contribution in [-0.4, -0.2) is 12.3 Å². The zero-order valence-corrected chi connectivity index (χ0v) is 10.8. The Bertz CT molecular complexity index is 149. The van der Waals surface area contributed by atoms with E-state index in [-0.39, 0.29) is 0 Å². The number of unbranched alkanes of at least 4 members (excludes halogenated alkanes) is 2. The van der Waals surface area contributed by atoms with E-state index < -0.39 is 0 Å². The SMILES string of the molecule is C=CCCCCC(CC/C=C/C)PC. The van der Waals surface area contributed by atoms with E-state index in [0.717, 1.165) is 14.2 Å². The van der Waals surface area contributed by atoms with Gasteiger partial charge in [-0.05, 0) is 51.4 Å². The predicted molar refractivity (Wildman–Crippen MR) is 70.7 cm³/mol. The topological polar surface area (TPSA) is 0 Å². The van der Waals surface area contributed by atoms with Crippen LogP contribution in [0.15, 0.2) is 24.8 Å². The summed E-state index contributed by atoms with van der Waals surface area (Å²) < 4.78 is 0. The van der Waals surface area contributed by atoms with Gasteiger partial charge in [0.05, 0.1) is 0 Å². The Morgan fingerprint density at radius 2 is 2.00 bits per heavy atom. The summed E-state index contributed by atoms with van der Waals surface area (Å²) >= 11 is 0. The number of hydrogen-bond acceptors (Lipinski definition) is 0. The maximum absolute atomic E-state index is 3.75. The van der Waals surface area contributed by atoms with Crippen LogP contribution < -0.4 is 0 Å². The molecule has 0 aromatic heterocycles. The van der Waals surface area contributed by atoms with Crippen LogP contribution in [0.2, 0.25) is 0 Å². The quantitative estimate of drug-likeness (QED) is 0.293. The maximum atomic E-state index is 3.75. The molecule has 0 amide bonds. The summed E-state index contributed by atoms with van der Waals surface area (Å²) in [6, 6.07) is 0. The first-order valence-corrected chi connectivity index (χ1v) is 7.32. The predicted octanol–water partition coefficient (Wildman–Crippen LogP) is 4.77. The van der Waals surface area contributed by atoms with Crippen LogP contribution in [0.1, 0.15) is 45.4 Å². The van der Waals surface area contributed by atoms with Crippen LogP contribution >= 0.6 is 8.58 Å². The Hall–Kier alpha value is -0.0900. The molecular weight excluding hydrogens is 187 g/mol. The molecule has 14 heavy (non-hydrogen) atoms. The molecule has 0 aromatic carbocycles. The highest BCUT2D eigenvalue weighted by Crippen LogP contribution is 2.25. The highest BCUT2D eigenvalue weighted by molar-refractivity contribution is 7.37. The van der Waals surface area contributed by atoms with E-state index in [1.54, 1.807) is 0 Å². The van der Waals surface area contributed by atoms with Gasteiger partial charge in [0.25, 0.3) is 0 Å². The Morgan fingerprint density at radius 1 is 1.21 bits per heavy atom. The molecule has 0 rings (SSSR count). The lowest BCUT2D eigenvalue weighted by atomic mass is 10.1. The van der Waals surface area contributed by atoms with Crippen LogP contribution in [-0.2, 0) is 0 Å². The monoisotopic (exact) mass is 212 g/mol. The van der Waals surface area contributed by atoms with Crippen molar-refractivity contribution in [1.29, 1.82) is 0 Å². The fraction of sp³-hybridized carbons (Fsp3) is 0.692. The molecule has 0 bridgehead atoms. The normalized spacial score (nSPS) is 14.1. The van der Waals surface area contributed by atoms with Crippen LogP contribution in [0, 0.1) is 0 Å². The molecule has 0 aliphatic carbocycles. The lowest BCUT2D eigenvalue weighted by molar-refractivity contribution is 0.632. The third-order valence-electron chi connectivity index (χ3n) is 2.54. The summed E-state index contributed by atoms with van der Waals surface area (Å²) in [5.74, 6) is 0. The van der Waals surface area contributed by atoms with E-state index >= 15 is 0 Å². The van der Waals surface area contributed by atoms with Gasteiger partial charge in [-0.3, -0.25) is 0 Å². The highest BCUT2D eigenvalue weighted by atomic mass is 31.1. The van der Waals surface area contributed by atoms with E-state index in [0.29, 0.717) is 0 Å². The second-order valence-corrected chi connectivity index (χ2v) is 5.10. The largest absolute Gasteiger partial charge is 0.122 e. The van der Waals surface area contributed by atoms with Gasteiger partial charge in [-0.25, -0.2) is 0 Å². The van der Waals surface area contributed by atoms with Crippen molar-refractivity contribution in [1.82, 2.24) is 0 Å². The van der Waals surface area contributed by atoms with Crippen molar-refractivity contribution in [2.75, 3.05) is 6.66 Å². The van der Waals surface area contributed by atoms with Crippen LogP contribution in [0.25, 0.3) is 0 Å². The molecule has 0 saturated carbocycles. The van der Waals surface area contributed by atoms with Crippen LogP contribution in [0.5, 0.6) is 0 Å². The average Bonchev–Trinajstić information content (AvgIpc) is 2.22. The van der Waals surface area contributed by atoms with E-state index in [1.165, 1.54) is 38.5 Å². The summed E-state index contributed by atoms with van der Waals surface area (Å²) in [6.07, 6.45) is 14.4. The smallest absolute Gasteiger partial charge is 0.0236 e. The zero-order chi connectivity index (χ0) is 10.6. The van der Waals surface area contributed by atoms with Gasteiger partial charge in [0.15, 0.2) is 0 Å². The minimum absolute atomic E-state index is 0.969. The summed E-state index contributed by atoms with van der Waals surface area (Å²) in [5, 5.41) is 0. The molecule has 1 heteroatoms. The number of hydrogen-bond donors (Lipinski definition) is 0. The van der Waals surface area contributed by atoms with Crippen LogP contribution in [0.3, 0.4) is 0 Å². The molecule has 0 radical (unpaired) electrons. The van der Waals surface area contributed by atoms with Crippen molar-refractivity contribution in [3.8, 4) is 0 Å². The molecule has 2 atom stereocenters. The van der Waals surface area contributed by atoms with Crippen molar-refractivity contribution >= 4 is 8.58 Å². The number of allylic oxidation sites excluding steroid dienone is 3. The number of rotatable bonds is 9. The molecule has 0 nitrogen and oxygen atoms in total. The van der Waals surface area contributed by atoms with Gasteiger partial charge in [-0.15, -0.1) is 15.2 Å². The Kier molecular flexibility index (Phi) is 10.9. The van der Waals surface area contributed by atoms with Crippen LogP contribution in [0.4, 0.5) is 0 Å². The Labute approximate surface area is 91.7 Å². The second kappa shape index (κ2) is 11.0. The van der Waals surface area contributed by atoms with Crippen molar-refractivity contribution in [2.24, 2.45) is 0 Å². The Balaban J connectivity index is 3.42. The van der Waals surface area contributed by atoms with Gasteiger partial charge < -0.3 is 0 Å². The molecule has 2 unspecified atom stereocenters. The molecule has 0 aliphatic rings. The lowest BCUT2D eigenvalue weighted by Gasteiger charge is -2.12. The molecule has 82 valence electrons. The third-order valence-corrected chi connectivity index (χ3v) is 3.93. The first-order chi connectivity index (χ1) is 6.85. The van der Waals surface area contributed by atoms with Gasteiger partial charge >= 0.3 is 0 Å². The molecule has 0 aromatic rings. The minimum atomic E-state index is 0.969. The van der Waals surface area contributed by atoms with Crippen molar-refractivity contribution in [2.45, 2.75) is 51.1 Å². The van der Waals surface area contributed by atoms with Crippen molar-refractivity contribution in [3.05, 3.63) is 24.8 Å². The molecular formula is C13H25P. The standard InChI is InChI=1S/C13H25P/c1-4-6-8-10-12-13(14-3)11-9-7-5-2/h4-5,7,13-14H,1,6,8-12H2,2-3H3/b7-5+. The first kappa shape index (κ1) is 13.9. The lowest BCUT2D eigenvalue weighted by Crippen LogP contribution is -1.99. The molecule has 0 saturated heterocycles. The van der Waals surface area contributed by atoms with Gasteiger partial charge in [0.1, 0.15) is 0 Å².